The van der Waals surface area contributed by atoms with Crippen LogP contribution in [0.4, 0.5) is 0 Å². The van der Waals surface area contributed by atoms with Crippen molar-refractivity contribution in [3.63, 3.8) is 0 Å². The van der Waals surface area contributed by atoms with Crippen LogP contribution in [0.5, 0.6) is 0 Å². The van der Waals surface area contributed by atoms with E-state index in [9.17, 15) is 0 Å². The Morgan fingerprint density at radius 3 is 2.54 bits per heavy atom. The zero-order chi connectivity index (χ0) is 16.6. The van der Waals surface area contributed by atoms with Crippen LogP contribution in [0.1, 0.15) is 24.0 Å². The van der Waals surface area contributed by atoms with Gasteiger partial charge in [-0.2, -0.15) is 5.26 Å². The van der Waals surface area contributed by atoms with Crippen LogP contribution < -0.4 is 0 Å². The van der Waals surface area contributed by atoms with Gasteiger partial charge in [-0.05, 0) is 30.5 Å². The molecule has 3 rings (SSSR count). The normalized spacial score (nSPS) is 22.5. The first kappa shape index (κ1) is 17.4. The summed E-state index contributed by atoms with van der Waals surface area (Å²) in [5.41, 5.74) is 2.01. The van der Waals surface area contributed by atoms with Crippen molar-refractivity contribution in [3.8, 4) is 6.07 Å². The topological polar surface area (TPSA) is 48.7 Å². The first-order valence-corrected chi connectivity index (χ1v) is 8.96. The van der Waals surface area contributed by atoms with E-state index in [-0.39, 0.29) is 0 Å². The second kappa shape index (κ2) is 9.14. The summed E-state index contributed by atoms with van der Waals surface area (Å²) in [7, 11) is 0. The number of rotatable bonds is 7. The Morgan fingerprint density at radius 2 is 1.88 bits per heavy atom. The molecule has 0 bridgehead atoms. The van der Waals surface area contributed by atoms with E-state index in [2.05, 4.69) is 28.0 Å². The highest BCUT2D eigenvalue weighted by Crippen LogP contribution is 2.12. The number of benzene rings is 1. The molecule has 5 nitrogen and oxygen atoms in total. The first-order valence-electron chi connectivity index (χ1n) is 8.96. The largest absolute Gasteiger partial charge is 0.377 e. The molecule has 0 N–H and O–H groups in total. The predicted molar refractivity (Wildman–Crippen MR) is 92.7 cm³/mol. The average Bonchev–Trinajstić information content (AvgIpc) is 3.14. The summed E-state index contributed by atoms with van der Waals surface area (Å²) in [6.07, 6.45) is 2.65. The molecule has 0 saturated carbocycles. The van der Waals surface area contributed by atoms with Crippen LogP contribution in [0.3, 0.4) is 0 Å². The third-order valence-electron chi connectivity index (χ3n) is 4.83. The van der Waals surface area contributed by atoms with Gasteiger partial charge < -0.3 is 9.47 Å². The molecule has 0 amide bonds. The summed E-state index contributed by atoms with van der Waals surface area (Å²) >= 11 is 0. The summed E-state index contributed by atoms with van der Waals surface area (Å²) in [5.74, 6) is 0. The molecule has 2 heterocycles. The maximum absolute atomic E-state index is 8.85. The second-order valence-electron chi connectivity index (χ2n) is 6.64. The SMILES string of the molecule is N#Cc1ccc(CN2CCN(CCOC[C@@H]3CCCO3)CC2)cc1. The van der Waals surface area contributed by atoms with Crippen LogP contribution in [0.15, 0.2) is 24.3 Å². The molecule has 1 atom stereocenters. The Morgan fingerprint density at radius 1 is 1.12 bits per heavy atom. The van der Waals surface area contributed by atoms with E-state index in [1.165, 1.54) is 12.0 Å². The molecule has 0 radical (unpaired) electrons. The molecule has 2 saturated heterocycles. The fraction of sp³-hybridized carbons (Fsp3) is 0.632. The van der Waals surface area contributed by atoms with Crippen LogP contribution in [-0.2, 0) is 16.0 Å². The zero-order valence-electron chi connectivity index (χ0n) is 14.3. The van der Waals surface area contributed by atoms with Gasteiger partial charge >= 0.3 is 0 Å². The molecule has 0 unspecified atom stereocenters. The third-order valence-corrected chi connectivity index (χ3v) is 4.83. The van der Waals surface area contributed by atoms with Gasteiger partial charge in [0.15, 0.2) is 0 Å². The smallest absolute Gasteiger partial charge is 0.0991 e. The van der Waals surface area contributed by atoms with Crippen molar-refractivity contribution in [1.82, 2.24) is 9.80 Å². The standard InChI is InChI=1S/C19H27N3O2/c20-14-17-3-5-18(6-4-17)15-22-9-7-21(8-10-22)11-13-23-16-19-2-1-12-24-19/h3-6,19H,1-2,7-13,15-16H2/t19-/m0/s1. The van der Waals surface area contributed by atoms with E-state index in [4.69, 9.17) is 14.7 Å². The van der Waals surface area contributed by atoms with E-state index in [1.54, 1.807) is 0 Å². The lowest BCUT2D eigenvalue weighted by Gasteiger charge is -2.34. The van der Waals surface area contributed by atoms with E-state index >= 15 is 0 Å². The summed E-state index contributed by atoms with van der Waals surface area (Å²) in [6.45, 7) is 8.80. The lowest BCUT2D eigenvalue weighted by Crippen LogP contribution is -2.46. The van der Waals surface area contributed by atoms with Crippen molar-refractivity contribution in [2.45, 2.75) is 25.5 Å². The lowest BCUT2D eigenvalue weighted by atomic mass is 10.1. The van der Waals surface area contributed by atoms with E-state index in [1.807, 2.05) is 12.1 Å². The number of ether oxygens (including phenoxy) is 2. The van der Waals surface area contributed by atoms with Crippen molar-refractivity contribution >= 4 is 0 Å². The Hall–Kier alpha value is -1.45. The number of hydrogen-bond donors (Lipinski definition) is 0. The van der Waals surface area contributed by atoms with Gasteiger partial charge in [0.1, 0.15) is 0 Å². The van der Waals surface area contributed by atoms with Gasteiger partial charge in [0, 0.05) is 45.9 Å². The first-order chi connectivity index (χ1) is 11.8. The van der Waals surface area contributed by atoms with Crippen molar-refractivity contribution in [2.75, 3.05) is 52.5 Å². The minimum Gasteiger partial charge on any atom is -0.377 e. The molecule has 5 heteroatoms. The Labute approximate surface area is 144 Å². The highest BCUT2D eigenvalue weighted by atomic mass is 16.5. The molecule has 2 fully saturated rings. The number of hydrogen-bond acceptors (Lipinski definition) is 5. The highest BCUT2D eigenvalue weighted by Gasteiger charge is 2.18. The summed E-state index contributed by atoms with van der Waals surface area (Å²) < 4.78 is 11.3. The number of nitrogens with zero attached hydrogens (tertiary/aromatic N) is 3. The van der Waals surface area contributed by atoms with Gasteiger partial charge in [0.05, 0.1) is 31.0 Å². The Balaban J connectivity index is 1.29. The van der Waals surface area contributed by atoms with E-state index < -0.39 is 0 Å². The average molecular weight is 329 g/mol. The number of piperazine rings is 1. The summed E-state index contributed by atoms with van der Waals surface area (Å²) in [6, 6.07) is 10.1. The fourth-order valence-electron chi connectivity index (χ4n) is 3.30. The fourth-order valence-corrected chi connectivity index (χ4v) is 3.30. The maximum Gasteiger partial charge on any atom is 0.0991 e. The lowest BCUT2D eigenvalue weighted by molar-refractivity contribution is 0.00611. The molecule has 2 aliphatic rings. The molecule has 0 aromatic heterocycles. The van der Waals surface area contributed by atoms with Crippen LogP contribution in [0.25, 0.3) is 0 Å². The molecule has 2 aliphatic heterocycles. The van der Waals surface area contributed by atoms with Crippen LogP contribution in [0, 0.1) is 11.3 Å². The minimum absolute atomic E-state index is 0.328. The van der Waals surface area contributed by atoms with Crippen LogP contribution in [-0.4, -0.2) is 68.4 Å². The molecular weight excluding hydrogens is 302 g/mol. The molecule has 24 heavy (non-hydrogen) atoms. The van der Waals surface area contributed by atoms with Gasteiger partial charge in [-0.1, -0.05) is 12.1 Å². The maximum atomic E-state index is 8.85. The third kappa shape index (κ3) is 5.29. The molecule has 130 valence electrons. The monoisotopic (exact) mass is 329 g/mol. The summed E-state index contributed by atoms with van der Waals surface area (Å²) in [5, 5.41) is 8.85. The molecule has 0 spiro atoms. The summed E-state index contributed by atoms with van der Waals surface area (Å²) in [4.78, 5) is 4.95. The van der Waals surface area contributed by atoms with Crippen LogP contribution >= 0.6 is 0 Å². The van der Waals surface area contributed by atoms with E-state index in [0.717, 1.165) is 71.1 Å². The highest BCUT2D eigenvalue weighted by molar-refractivity contribution is 5.31. The van der Waals surface area contributed by atoms with Gasteiger partial charge in [-0.25, -0.2) is 0 Å². The van der Waals surface area contributed by atoms with E-state index in [0.29, 0.717) is 6.10 Å². The second-order valence-corrected chi connectivity index (χ2v) is 6.64. The quantitative estimate of drug-likeness (QED) is 0.715. The Kier molecular flexibility index (Phi) is 6.62. The van der Waals surface area contributed by atoms with Crippen molar-refractivity contribution < 1.29 is 9.47 Å². The molecule has 1 aromatic carbocycles. The van der Waals surface area contributed by atoms with Crippen molar-refractivity contribution in [1.29, 1.82) is 5.26 Å². The minimum atomic E-state index is 0.328. The molecule has 0 aliphatic carbocycles. The Bertz CT molecular complexity index is 527. The van der Waals surface area contributed by atoms with Gasteiger partial charge in [-0.3, -0.25) is 9.80 Å². The van der Waals surface area contributed by atoms with Gasteiger partial charge in [-0.15, -0.1) is 0 Å². The predicted octanol–water partition coefficient (Wildman–Crippen LogP) is 1.87. The van der Waals surface area contributed by atoms with Crippen LogP contribution in [0.2, 0.25) is 0 Å². The number of nitriles is 1. The zero-order valence-corrected chi connectivity index (χ0v) is 14.3. The van der Waals surface area contributed by atoms with Crippen molar-refractivity contribution in [3.05, 3.63) is 35.4 Å². The molecule has 1 aromatic rings. The molecular formula is C19H27N3O2. The van der Waals surface area contributed by atoms with Gasteiger partial charge in [0.2, 0.25) is 0 Å². The van der Waals surface area contributed by atoms with Gasteiger partial charge in [0.25, 0.3) is 0 Å². The van der Waals surface area contributed by atoms with Crippen molar-refractivity contribution in [2.24, 2.45) is 0 Å².